The maximum atomic E-state index is 11.3. The molecule has 1 atom stereocenters. The number of carbonyl (C=O) groups is 1. The molecule has 0 amide bonds. The first-order chi connectivity index (χ1) is 18.2. The molecular formula is C32H32N2O3. The van der Waals surface area contributed by atoms with E-state index in [2.05, 4.69) is 64.8 Å². The van der Waals surface area contributed by atoms with E-state index in [4.69, 9.17) is 4.74 Å². The van der Waals surface area contributed by atoms with Gasteiger partial charge in [-0.3, -0.25) is 4.90 Å². The van der Waals surface area contributed by atoms with E-state index in [1.165, 1.54) is 5.56 Å². The number of fused-ring (bicyclic) bond motifs is 1. The van der Waals surface area contributed by atoms with Gasteiger partial charge in [0.25, 0.3) is 0 Å². The number of nitrogens with zero attached hydrogens (tertiary/aromatic N) is 1. The molecule has 1 saturated heterocycles. The molecule has 5 nitrogen and oxygen atoms in total. The van der Waals surface area contributed by atoms with Gasteiger partial charge in [-0.25, -0.2) is 4.79 Å². The standard InChI is InChI=1S/C32H32N2O3/c35-32(36)28-15-13-24(14-16-28)19-26(23-37-31-12-6-10-27-9-4-5-11-30(27)31)22-34(29-17-18-33-20-29)21-25-7-2-1-3-8-25/h1-16,19,29,33H,17-18,20-23H2,(H,35,36)/b26-19+. The molecule has 2 N–H and O–H groups in total. The van der Waals surface area contributed by atoms with E-state index in [-0.39, 0.29) is 5.56 Å². The van der Waals surface area contributed by atoms with Crippen LogP contribution < -0.4 is 10.1 Å². The van der Waals surface area contributed by atoms with Gasteiger partial charge >= 0.3 is 5.97 Å². The van der Waals surface area contributed by atoms with Gasteiger partial charge in [-0.15, -0.1) is 0 Å². The van der Waals surface area contributed by atoms with Crippen LogP contribution >= 0.6 is 0 Å². The average molecular weight is 493 g/mol. The molecule has 0 saturated carbocycles. The van der Waals surface area contributed by atoms with Gasteiger partial charge in [0.1, 0.15) is 12.4 Å². The highest BCUT2D eigenvalue weighted by Crippen LogP contribution is 2.26. The Kier molecular flexibility index (Phi) is 7.94. The van der Waals surface area contributed by atoms with Crippen molar-refractivity contribution in [2.45, 2.75) is 19.0 Å². The van der Waals surface area contributed by atoms with Crippen molar-refractivity contribution < 1.29 is 14.6 Å². The SMILES string of the molecule is O=C(O)c1ccc(/C=C(/COc2cccc3ccccc23)CN(Cc2ccccc2)C2CCNC2)cc1. The molecule has 0 aliphatic carbocycles. The van der Waals surface area contributed by atoms with Crippen molar-refractivity contribution in [3.63, 3.8) is 0 Å². The molecule has 0 aromatic heterocycles. The van der Waals surface area contributed by atoms with Crippen LogP contribution in [0.2, 0.25) is 0 Å². The third-order valence-electron chi connectivity index (χ3n) is 6.88. The van der Waals surface area contributed by atoms with Crippen LogP contribution in [0.1, 0.15) is 27.9 Å². The van der Waals surface area contributed by atoms with Crippen LogP contribution in [0.15, 0.2) is 103 Å². The Morgan fingerprint density at radius 3 is 2.46 bits per heavy atom. The van der Waals surface area contributed by atoms with Crippen molar-refractivity contribution >= 4 is 22.8 Å². The van der Waals surface area contributed by atoms with Crippen molar-refractivity contribution in [3.8, 4) is 5.75 Å². The second-order valence-corrected chi connectivity index (χ2v) is 9.53. The Labute approximate surface area is 218 Å². The van der Waals surface area contributed by atoms with Crippen molar-refractivity contribution in [2.75, 3.05) is 26.2 Å². The maximum absolute atomic E-state index is 11.3. The monoisotopic (exact) mass is 492 g/mol. The molecule has 1 aliphatic rings. The zero-order chi connectivity index (χ0) is 25.5. The first-order valence-corrected chi connectivity index (χ1v) is 12.8. The minimum Gasteiger partial charge on any atom is -0.489 e. The van der Waals surface area contributed by atoms with Gasteiger partial charge in [-0.2, -0.15) is 0 Å². The van der Waals surface area contributed by atoms with Crippen LogP contribution in [-0.4, -0.2) is 48.3 Å². The molecule has 37 heavy (non-hydrogen) atoms. The van der Waals surface area contributed by atoms with Gasteiger partial charge < -0.3 is 15.2 Å². The number of carboxylic acids is 1. The number of nitrogens with one attached hydrogen (secondary N) is 1. The van der Waals surface area contributed by atoms with Gasteiger partial charge in [-0.1, -0.05) is 84.9 Å². The first kappa shape index (κ1) is 24.8. The molecule has 0 radical (unpaired) electrons. The molecule has 4 aromatic rings. The van der Waals surface area contributed by atoms with Gasteiger partial charge in [0, 0.05) is 31.1 Å². The second kappa shape index (κ2) is 11.9. The zero-order valence-electron chi connectivity index (χ0n) is 20.8. The van der Waals surface area contributed by atoms with Gasteiger partial charge in [0.2, 0.25) is 0 Å². The molecule has 4 aromatic carbocycles. The molecule has 0 bridgehead atoms. The summed E-state index contributed by atoms with van der Waals surface area (Å²) in [5.74, 6) is -0.0554. The summed E-state index contributed by atoms with van der Waals surface area (Å²) in [6.07, 6.45) is 3.24. The van der Waals surface area contributed by atoms with Crippen molar-refractivity contribution in [1.82, 2.24) is 10.2 Å². The van der Waals surface area contributed by atoms with Crippen LogP contribution in [0.3, 0.4) is 0 Å². The van der Waals surface area contributed by atoms with Gasteiger partial charge in [-0.05, 0) is 53.3 Å². The highest BCUT2D eigenvalue weighted by molar-refractivity contribution is 5.88. The van der Waals surface area contributed by atoms with Crippen LogP contribution in [0.25, 0.3) is 16.8 Å². The molecular weight excluding hydrogens is 460 g/mol. The lowest BCUT2D eigenvalue weighted by Crippen LogP contribution is -2.38. The fourth-order valence-electron chi connectivity index (χ4n) is 4.93. The summed E-state index contributed by atoms with van der Waals surface area (Å²) in [5, 5.41) is 15.0. The molecule has 188 valence electrons. The van der Waals surface area contributed by atoms with Crippen LogP contribution in [-0.2, 0) is 6.54 Å². The van der Waals surface area contributed by atoms with E-state index < -0.39 is 5.97 Å². The topological polar surface area (TPSA) is 61.8 Å². The summed E-state index contributed by atoms with van der Waals surface area (Å²) >= 11 is 0. The number of benzene rings is 4. The number of carboxylic acid groups (broad SMARTS) is 1. The predicted octanol–water partition coefficient (Wildman–Crippen LogP) is 5.86. The van der Waals surface area contributed by atoms with Crippen molar-refractivity contribution in [2.24, 2.45) is 0 Å². The molecule has 1 heterocycles. The van der Waals surface area contributed by atoms with E-state index in [0.717, 1.165) is 60.3 Å². The number of rotatable bonds is 10. The Bertz CT molecular complexity index is 1350. The third-order valence-corrected chi connectivity index (χ3v) is 6.88. The van der Waals surface area contributed by atoms with E-state index >= 15 is 0 Å². The highest BCUT2D eigenvalue weighted by Gasteiger charge is 2.23. The maximum Gasteiger partial charge on any atom is 0.335 e. The molecule has 5 rings (SSSR count). The number of aromatic carboxylic acids is 1. The molecule has 5 heteroatoms. The summed E-state index contributed by atoms with van der Waals surface area (Å²) in [6, 6.07) is 32.4. The molecule has 1 unspecified atom stereocenters. The Morgan fingerprint density at radius 1 is 0.946 bits per heavy atom. The number of ether oxygens (including phenoxy) is 1. The Morgan fingerprint density at radius 2 is 1.70 bits per heavy atom. The third kappa shape index (κ3) is 6.45. The van der Waals surface area contributed by atoms with E-state index in [0.29, 0.717) is 12.6 Å². The number of hydrogen-bond donors (Lipinski definition) is 2. The smallest absolute Gasteiger partial charge is 0.335 e. The summed E-state index contributed by atoms with van der Waals surface area (Å²) in [4.78, 5) is 13.8. The molecule has 0 spiro atoms. The second-order valence-electron chi connectivity index (χ2n) is 9.53. The fraction of sp³-hybridized carbons (Fsp3) is 0.219. The van der Waals surface area contributed by atoms with Crippen LogP contribution in [0.5, 0.6) is 5.75 Å². The quantitative estimate of drug-likeness (QED) is 0.290. The minimum absolute atomic E-state index is 0.286. The van der Waals surface area contributed by atoms with Crippen molar-refractivity contribution in [1.29, 1.82) is 0 Å². The van der Waals surface area contributed by atoms with Crippen molar-refractivity contribution in [3.05, 3.63) is 119 Å². The van der Waals surface area contributed by atoms with E-state index in [9.17, 15) is 9.90 Å². The van der Waals surface area contributed by atoms with E-state index in [1.54, 1.807) is 12.1 Å². The van der Waals surface area contributed by atoms with Crippen LogP contribution in [0.4, 0.5) is 0 Å². The van der Waals surface area contributed by atoms with Crippen LogP contribution in [0, 0.1) is 0 Å². The summed E-state index contributed by atoms with van der Waals surface area (Å²) < 4.78 is 6.42. The average Bonchev–Trinajstić information content (AvgIpc) is 3.47. The van der Waals surface area contributed by atoms with E-state index in [1.807, 2.05) is 36.4 Å². The first-order valence-electron chi connectivity index (χ1n) is 12.8. The summed E-state index contributed by atoms with van der Waals surface area (Å²) in [7, 11) is 0. The predicted molar refractivity (Wildman–Crippen MR) is 149 cm³/mol. The number of hydrogen-bond acceptors (Lipinski definition) is 4. The normalized spacial score (nSPS) is 15.8. The summed E-state index contributed by atoms with van der Waals surface area (Å²) in [5.41, 5.74) is 3.67. The Hall–Kier alpha value is -3.93. The molecule has 1 fully saturated rings. The lowest BCUT2D eigenvalue weighted by molar-refractivity contribution is 0.0697. The Balaban J connectivity index is 1.43. The lowest BCUT2D eigenvalue weighted by atomic mass is 10.1. The van der Waals surface area contributed by atoms with Gasteiger partial charge in [0.05, 0.1) is 5.56 Å². The summed E-state index contributed by atoms with van der Waals surface area (Å²) in [6.45, 7) is 4.05. The largest absolute Gasteiger partial charge is 0.489 e. The zero-order valence-corrected chi connectivity index (χ0v) is 20.8. The molecule has 1 aliphatic heterocycles. The fourth-order valence-corrected chi connectivity index (χ4v) is 4.93. The van der Waals surface area contributed by atoms with Gasteiger partial charge in [0.15, 0.2) is 0 Å². The lowest BCUT2D eigenvalue weighted by Gasteiger charge is -2.29. The highest BCUT2D eigenvalue weighted by atomic mass is 16.5. The minimum atomic E-state index is -0.919.